The monoisotopic (exact) mass is 357 g/mol. The third kappa shape index (κ3) is 4.76. The van der Waals surface area contributed by atoms with Crippen LogP contribution in [-0.4, -0.2) is 23.5 Å². The summed E-state index contributed by atoms with van der Waals surface area (Å²) in [5.74, 6) is 0. The molecule has 1 fully saturated rings. The van der Waals surface area contributed by atoms with Gasteiger partial charge < -0.3 is 10.1 Å². The Morgan fingerprint density at radius 1 is 1.40 bits per heavy atom. The first-order valence-corrected chi connectivity index (χ1v) is 8.84. The maximum atomic E-state index is 5.67. The second-order valence-corrected chi connectivity index (χ2v) is 8.57. The average Bonchev–Trinajstić information content (AvgIpc) is 2.73. The topological polar surface area (TPSA) is 21.3 Å². The molecule has 0 aliphatic carbocycles. The van der Waals surface area contributed by atoms with Gasteiger partial charge in [-0.2, -0.15) is 0 Å². The molecule has 0 saturated carbocycles. The van der Waals surface area contributed by atoms with Crippen molar-refractivity contribution in [2.45, 2.75) is 62.4 Å². The Morgan fingerprint density at radius 3 is 2.75 bits per heavy atom. The summed E-state index contributed by atoms with van der Waals surface area (Å²) in [6.45, 7) is 10.6. The van der Waals surface area contributed by atoms with Crippen molar-refractivity contribution in [3.8, 4) is 0 Å². The molecule has 1 saturated heterocycles. The molecule has 0 spiro atoms. The van der Waals surface area contributed by atoms with Crippen molar-refractivity contribution in [2.75, 3.05) is 6.61 Å². The minimum atomic E-state index is 0.138. The predicted octanol–water partition coefficient (Wildman–Crippen LogP) is 4.61. The van der Waals surface area contributed by atoms with Gasteiger partial charge in [-0.05, 0) is 51.8 Å². The van der Waals surface area contributed by atoms with Crippen LogP contribution in [0, 0.1) is 0 Å². The Bertz CT molecular complexity index is 458. The van der Waals surface area contributed by atoms with E-state index in [2.05, 4.69) is 67.1 Å². The molecule has 2 unspecified atom stereocenters. The van der Waals surface area contributed by atoms with E-state index in [-0.39, 0.29) is 5.54 Å². The molecule has 1 aliphatic heterocycles. The second-order valence-electron chi connectivity index (χ2n) is 6.38. The van der Waals surface area contributed by atoms with Crippen LogP contribution in [0.3, 0.4) is 0 Å². The molecule has 0 aromatic heterocycles. The number of halogens is 1. The second kappa shape index (κ2) is 6.82. The summed E-state index contributed by atoms with van der Waals surface area (Å²) in [4.78, 5) is 1.36. The highest BCUT2D eigenvalue weighted by Crippen LogP contribution is 2.36. The number of ether oxygens (including phenoxy) is 1. The van der Waals surface area contributed by atoms with Crippen molar-refractivity contribution in [3.63, 3.8) is 0 Å². The van der Waals surface area contributed by atoms with Crippen molar-refractivity contribution < 1.29 is 4.74 Å². The molecule has 2 atom stereocenters. The van der Waals surface area contributed by atoms with E-state index in [1.165, 1.54) is 10.5 Å². The first kappa shape index (κ1) is 16.3. The van der Waals surface area contributed by atoms with E-state index in [0.29, 0.717) is 11.4 Å². The van der Waals surface area contributed by atoms with Crippen LogP contribution in [0.15, 0.2) is 27.6 Å². The first-order chi connectivity index (χ1) is 9.35. The van der Waals surface area contributed by atoms with Gasteiger partial charge in [-0.3, -0.25) is 0 Å². The van der Waals surface area contributed by atoms with Crippen LogP contribution < -0.4 is 5.32 Å². The van der Waals surface area contributed by atoms with E-state index in [0.717, 1.165) is 24.0 Å². The van der Waals surface area contributed by atoms with E-state index in [1.54, 1.807) is 0 Å². The zero-order valence-electron chi connectivity index (χ0n) is 12.7. The molecular formula is C16H24BrNOS. The molecule has 1 heterocycles. The zero-order chi connectivity index (χ0) is 14.8. The van der Waals surface area contributed by atoms with Gasteiger partial charge in [0, 0.05) is 33.3 Å². The third-order valence-corrected chi connectivity index (χ3v) is 5.47. The molecule has 0 amide bonds. The van der Waals surface area contributed by atoms with E-state index >= 15 is 0 Å². The molecule has 0 bridgehead atoms. The molecule has 2 rings (SSSR count). The predicted molar refractivity (Wildman–Crippen MR) is 90.4 cm³/mol. The van der Waals surface area contributed by atoms with E-state index in [4.69, 9.17) is 4.74 Å². The van der Waals surface area contributed by atoms with Crippen molar-refractivity contribution >= 4 is 27.7 Å². The summed E-state index contributed by atoms with van der Waals surface area (Å²) in [7, 11) is 0. The summed E-state index contributed by atoms with van der Waals surface area (Å²) < 4.78 is 6.82. The lowest BCUT2D eigenvalue weighted by molar-refractivity contribution is 0.127. The Balaban J connectivity index is 2.11. The quantitative estimate of drug-likeness (QED) is 0.850. The third-order valence-electron chi connectivity index (χ3n) is 3.42. The van der Waals surface area contributed by atoms with Gasteiger partial charge in [-0.15, -0.1) is 11.8 Å². The maximum absolute atomic E-state index is 5.67. The number of benzene rings is 1. The van der Waals surface area contributed by atoms with Gasteiger partial charge in [-0.25, -0.2) is 0 Å². The number of thioether (sulfide) groups is 1. The molecule has 112 valence electrons. The smallest absolute Gasteiger partial charge is 0.0669 e. The largest absolute Gasteiger partial charge is 0.377 e. The van der Waals surface area contributed by atoms with Crippen molar-refractivity contribution in [2.24, 2.45) is 0 Å². The lowest BCUT2D eigenvalue weighted by Crippen LogP contribution is -2.35. The van der Waals surface area contributed by atoms with Crippen LogP contribution in [0.25, 0.3) is 0 Å². The summed E-state index contributed by atoms with van der Waals surface area (Å²) >= 11 is 5.54. The number of nitrogens with one attached hydrogen (secondary N) is 1. The molecule has 0 radical (unpaired) electrons. The highest BCUT2D eigenvalue weighted by molar-refractivity contribution is 9.10. The minimum absolute atomic E-state index is 0.138. The fourth-order valence-corrected chi connectivity index (χ4v) is 3.98. The number of hydrogen-bond acceptors (Lipinski definition) is 3. The first-order valence-electron chi connectivity index (χ1n) is 7.17. The minimum Gasteiger partial charge on any atom is -0.377 e. The van der Waals surface area contributed by atoms with Gasteiger partial charge in [0.2, 0.25) is 0 Å². The maximum Gasteiger partial charge on any atom is 0.0669 e. The Hall–Kier alpha value is -0.0300. The Morgan fingerprint density at radius 2 is 2.15 bits per heavy atom. The summed E-state index contributed by atoms with van der Waals surface area (Å²) in [6, 6.07) is 6.57. The van der Waals surface area contributed by atoms with Gasteiger partial charge in [-0.1, -0.05) is 22.0 Å². The molecule has 1 N–H and O–H groups in total. The van der Waals surface area contributed by atoms with Crippen LogP contribution in [0.2, 0.25) is 0 Å². The van der Waals surface area contributed by atoms with E-state index in [1.807, 2.05) is 11.8 Å². The highest BCUT2D eigenvalue weighted by Gasteiger charge is 2.26. The zero-order valence-corrected chi connectivity index (χ0v) is 15.1. The molecule has 1 aromatic rings. The average molecular weight is 358 g/mol. The normalized spacial score (nSPS) is 23.2. The van der Waals surface area contributed by atoms with Crippen LogP contribution in [0.1, 0.15) is 39.7 Å². The molecule has 4 heteroatoms. The van der Waals surface area contributed by atoms with E-state index in [9.17, 15) is 0 Å². The molecule has 1 aliphatic rings. The SMILES string of the molecule is CC1OCCC1Sc1cc(Br)ccc1CNC(C)(C)C. The van der Waals surface area contributed by atoms with Crippen molar-refractivity contribution in [3.05, 3.63) is 28.2 Å². The van der Waals surface area contributed by atoms with Gasteiger partial charge in [0.15, 0.2) is 0 Å². The molecular weight excluding hydrogens is 334 g/mol. The molecule has 2 nitrogen and oxygen atoms in total. The molecule has 20 heavy (non-hydrogen) atoms. The van der Waals surface area contributed by atoms with Gasteiger partial charge >= 0.3 is 0 Å². The lowest BCUT2D eigenvalue weighted by Gasteiger charge is -2.22. The lowest BCUT2D eigenvalue weighted by atomic mass is 10.1. The van der Waals surface area contributed by atoms with Crippen LogP contribution in [-0.2, 0) is 11.3 Å². The van der Waals surface area contributed by atoms with Gasteiger partial charge in [0.1, 0.15) is 0 Å². The van der Waals surface area contributed by atoms with Gasteiger partial charge in [0.25, 0.3) is 0 Å². The fraction of sp³-hybridized carbons (Fsp3) is 0.625. The number of hydrogen-bond donors (Lipinski definition) is 1. The van der Waals surface area contributed by atoms with Crippen LogP contribution >= 0.6 is 27.7 Å². The van der Waals surface area contributed by atoms with Crippen LogP contribution in [0.5, 0.6) is 0 Å². The van der Waals surface area contributed by atoms with Crippen molar-refractivity contribution in [1.82, 2.24) is 5.32 Å². The fourth-order valence-electron chi connectivity index (χ4n) is 2.17. The van der Waals surface area contributed by atoms with Crippen LogP contribution in [0.4, 0.5) is 0 Å². The van der Waals surface area contributed by atoms with Crippen molar-refractivity contribution in [1.29, 1.82) is 0 Å². The standard InChI is InChI=1S/C16H24BrNOS/c1-11-14(7-8-19-11)20-15-9-13(17)6-5-12(15)10-18-16(2,3)4/h5-6,9,11,14,18H,7-8,10H2,1-4H3. The Kier molecular flexibility index (Phi) is 5.57. The summed E-state index contributed by atoms with van der Waals surface area (Å²) in [5, 5.41) is 4.14. The van der Waals surface area contributed by atoms with E-state index < -0.39 is 0 Å². The highest BCUT2D eigenvalue weighted by atomic mass is 79.9. The molecule has 1 aromatic carbocycles. The summed E-state index contributed by atoms with van der Waals surface area (Å²) in [6.07, 6.45) is 1.49. The Labute approximate surface area is 135 Å². The summed E-state index contributed by atoms with van der Waals surface area (Å²) in [5.41, 5.74) is 1.51. The number of rotatable bonds is 4. The van der Waals surface area contributed by atoms with Gasteiger partial charge in [0.05, 0.1) is 6.10 Å².